The van der Waals surface area contributed by atoms with Crippen molar-refractivity contribution in [3.8, 4) is 5.75 Å². The van der Waals surface area contributed by atoms with Crippen LogP contribution in [0.4, 0.5) is 0 Å². The maximum atomic E-state index is 11.2. The van der Waals surface area contributed by atoms with Gasteiger partial charge in [0.25, 0.3) is 0 Å². The third kappa shape index (κ3) is 1.47. The minimum absolute atomic E-state index is 0.0570. The van der Waals surface area contributed by atoms with Crippen molar-refractivity contribution < 1.29 is 14.6 Å². The first-order chi connectivity index (χ1) is 7.74. The van der Waals surface area contributed by atoms with E-state index in [9.17, 15) is 9.90 Å². The van der Waals surface area contributed by atoms with Crippen molar-refractivity contribution >= 4 is 5.97 Å². The molecule has 1 aromatic rings. The molecular weight excluding hydrogens is 204 g/mol. The Labute approximate surface area is 94.0 Å². The van der Waals surface area contributed by atoms with E-state index >= 15 is 0 Å². The molecule has 1 aromatic carbocycles. The van der Waals surface area contributed by atoms with E-state index in [-0.39, 0.29) is 17.8 Å². The van der Waals surface area contributed by atoms with E-state index in [1.54, 1.807) is 12.1 Å². The molecule has 1 N–H and O–H groups in total. The van der Waals surface area contributed by atoms with E-state index in [1.807, 2.05) is 12.1 Å². The topological polar surface area (TPSA) is 46.5 Å². The average molecular weight is 218 g/mol. The minimum Gasteiger partial charge on any atom is -0.508 e. The van der Waals surface area contributed by atoms with Crippen LogP contribution in [0.1, 0.15) is 30.7 Å². The molecule has 1 heterocycles. The standard InChI is InChI=1S/C13H14O3/c14-10-4-1-8(2-5-10)11-6-3-9-7-12(15)16-13(9)11/h1-2,4-5,9,11,13-14H,3,6-7H2/t9-,11-,13+/m1/s1. The molecule has 3 atom stereocenters. The lowest BCUT2D eigenvalue weighted by Gasteiger charge is -2.17. The summed E-state index contributed by atoms with van der Waals surface area (Å²) in [6, 6.07) is 7.24. The maximum absolute atomic E-state index is 11.2. The van der Waals surface area contributed by atoms with Crippen molar-refractivity contribution in [3.05, 3.63) is 29.8 Å². The molecule has 0 radical (unpaired) electrons. The van der Waals surface area contributed by atoms with E-state index in [2.05, 4.69) is 0 Å². The summed E-state index contributed by atoms with van der Waals surface area (Å²) < 4.78 is 5.38. The number of carbonyl (C=O) groups is 1. The molecule has 1 saturated carbocycles. The number of benzene rings is 1. The van der Waals surface area contributed by atoms with E-state index < -0.39 is 0 Å². The zero-order valence-electron chi connectivity index (χ0n) is 8.93. The summed E-state index contributed by atoms with van der Waals surface area (Å²) in [6.45, 7) is 0. The van der Waals surface area contributed by atoms with Gasteiger partial charge in [0, 0.05) is 11.8 Å². The molecule has 0 spiro atoms. The molecule has 3 rings (SSSR count). The molecule has 0 aromatic heterocycles. The van der Waals surface area contributed by atoms with Crippen molar-refractivity contribution in [3.63, 3.8) is 0 Å². The molecule has 2 fully saturated rings. The number of aromatic hydroxyl groups is 1. The highest BCUT2D eigenvalue weighted by molar-refractivity contribution is 5.72. The second-order valence-electron chi connectivity index (χ2n) is 4.69. The van der Waals surface area contributed by atoms with Gasteiger partial charge >= 0.3 is 5.97 Å². The lowest BCUT2D eigenvalue weighted by molar-refractivity contribution is -0.142. The van der Waals surface area contributed by atoms with Crippen LogP contribution in [0.5, 0.6) is 5.75 Å². The normalized spacial score (nSPS) is 32.5. The Bertz CT molecular complexity index is 410. The van der Waals surface area contributed by atoms with Gasteiger partial charge in [0.15, 0.2) is 0 Å². The van der Waals surface area contributed by atoms with Crippen molar-refractivity contribution in [2.45, 2.75) is 31.3 Å². The molecule has 0 unspecified atom stereocenters. The van der Waals surface area contributed by atoms with E-state index in [1.165, 1.54) is 5.56 Å². The highest BCUT2D eigenvalue weighted by Gasteiger charge is 2.45. The van der Waals surface area contributed by atoms with Crippen LogP contribution in [-0.2, 0) is 9.53 Å². The Hall–Kier alpha value is -1.51. The Balaban J connectivity index is 1.85. The molecular formula is C13H14O3. The smallest absolute Gasteiger partial charge is 0.306 e. The van der Waals surface area contributed by atoms with Crippen LogP contribution >= 0.6 is 0 Å². The SMILES string of the molecule is O=C1C[C@H]2CC[C@H](c3ccc(O)cc3)[C@H]2O1. The number of hydrogen-bond acceptors (Lipinski definition) is 3. The van der Waals surface area contributed by atoms with Crippen LogP contribution < -0.4 is 0 Å². The molecule has 1 aliphatic heterocycles. The third-order valence-electron chi connectivity index (χ3n) is 3.73. The van der Waals surface area contributed by atoms with Crippen LogP contribution in [0.15, 0.2) is 24.3 Å². The molecule has 0 amide bonds. The van der Waals surface area contributed by atoms with Gasteiger partial charge in [0.05, 0.1) is 6.42 Å². The predicted molar refractivity (Wildman–Crippen MR) is 58.1 cm³/mol. The fourth-order valence-electron chi connectivity index (χ4n) is 2.94. The maximum Gasteiger partial charge on any atom is 0.306 e. The summed E-state index contributed by atoms with van der Waals surface area (Å²) in [5.41, 5.74) is 1.17. The summed E-state index contributed by atoms with van der Waals surface area (Å²) >= 11 is 0. The molecule has 3 nitrogen and oxygen atoms in total. The van der Waals surface area contributed by atoms with Crippen LogP contribution in [0, 0.1) is 5.92 Å². The first-order valence-electron chi connectivity index (χ1n) is 5.72. The predicted octanol–water partition coefficient (Wildman–Crippen LogP) is 2.20. The largest absolute Gasteiger partial charge is 0.508 e. The number of ether oxygens (including phenoxy) is 1. The highest BCUT2D eigenvalue weighted by atomic mass is 16.6. The summed E-state index contributed by atoms with van der Waals surface area (Å²) in [4.78, 5) is 11.2. The van der Waals surface area contributed by atoms with E-state index in [0.29, 0.717) is 18.3 Å². The summed E-state index contributed by atoms with van der Waals surface area (Å²) in [5, 5.41) is 9.24. The fourth-order valence-corrected chi connectivity index (χ4v) is 2.94. The quantitative estimate of drug-likeness (QED) is 0.735. The lowest BCUT2D eigenvalue weighted by Crippen LogP contribution is -2.17. The Morgan fingerprint density at radius 2 is 1.94 bits per heavy atom. The number of esters is 1. The Morgan fingerprint density at radius 3 is 2.69 bits per heavy atom. The van der Waals surface area contributed by atoms with Gasteiger partial charge in [-0.15, -0.1) is 0 Å². The van der Waals surface area contributed by atoms with Gasteiger partial charge in [-0.05, 0) is 30.5 Å². The van der Waals surface area contributed by atoms with Crippen LogP contribution in [-0.4, -0.2) is 17.2 Å². The summed E-state index contributed by atoms with van der Waals surface area (Å²) in [5.74, 6) is 0.948. The highest BCUT2D eigenvalue weighted by Crippen LogP contribution is 2.45. The van der Waals surface area contributed by atoms with Gasteiger partial charge in [0.1, 0.15) is 11.9 Å². The number of phenolic OH excluding ortho intramolecular Hbond substituents is 1. The first kappa shape index (κ1) is 9.70. The van der Waals surface area contributed by atoms with Crippen LogP contribution in [0.2, 0.25) is 0 Å². The van der Waals surface area contributed by atoms with Crippen molar-refractivity contribution in [1.29, 1.82) is 0 Å². The molecule has 84 valence electrons. The Kier molecular flexibility index (Phi) is 2.13. The van der Waals surface area contributed by atoms with Gasteiger partial charge in [-0.3, -0.25) is 4.79 Å². The van der Waals surface area contributed by atoms with Crippen molar-refractivity contribution in [2.24, 2.45) is 5.92 Å². The minimum atomic E-state index is -0.0570. The van der Waals surface area contributed by atoms with Gasteiger partial charge < -0.3 is 9.84 Å². The number of phenols is 1. The zero-order chi connectivity index (χ0) is 11.1. The lowest BCUT2D eigenvalue weighted by atomic mass is 9.93. The second-order valence-corrected chi connectivity index (χ2v) is 4.69. The van der Waals surface area contributed by atoms with E-state index in [4.69, 9.17) is 4.74 Å². The van der Waals surface area contributed by atoms with Crippen molar-refractivity contribution in [1.82, 2.24) is 0 Å². The van der Waals surface area contributed by atoms with Crippen LogP contribution in [0.25, 0.3) is 0 Å². The number of fused-ring (bicyclic) bond motifs is 1. The van der Waals surface area contributed by atoms with Crippen LogP contribution in [0.3, 0.4) is 0 Å². The second kappa shape index (κ2) is 3.51. The summed E-state index contributed by atoms with van der Waals surface area (Å²) in [7, 11) is 0. The average Bonchev–Trinajstić information content (AvgIpc) is 2.78. The summed E-state index contributed by atoms with van der Waals surface area (Å²) in [6.07, 6.45) is 2.80. The number of rotatable bonds is 1. The molecule has 2 aliphatic rings. The van der Waals surface area contributed by atoms with Crippen molar-refractivity contribution in [2.75, 3.05) is 0 Å². The van der Waals surface area contributed by atoms with Gasteiger partial charge in [0.2, 0.25) is 0 Å². The van der Waals surface area contributed by atoms with Gasteiger partial charge in [-0.1, -0.05) is 12.1 Å². The van der Waals surface area contributed by atoms with Gasteiger partial charge in [-0.25, -0.2) is 0 Å². The van der Waals surface area contributed by atoms with Gasteiger partial charge in [-0.2, -0.15) is 0 Å². The molecule has 1 aliphatic carbocycles. The number of hydrogen-bond donors (Lipinski definition) is 1. The fraction of sp³-hybridized carbons (Fsp3) is 0.462. The molecule has 3 heteroatoms. The first-order valence-corrected chi connectivity index (χ1v) is 5.72. The number of carbonyl (C=O) groups excluding carboxylic acids is 1. The molecule has 16 heavy (non-hydrogen) atoms. The third-order valence-corrected chi connectivity index (χ3v) is 3.73. The molecule has 1 saturated heterocycles. The zero-order valence-corrected chi connectivity index (χ0v) is 8.93. The Morgan fingerprint density at radius 1 is 1.19 bits per heavy atom. The molecule has 0 bridgehead atoms. The van der Waals surface area contributed by atoms with E-state index in [0.717, 1.165) is 12.8 Å². The monoisotopic (exact) mass is 218 g/mol.